The number of aliphatic carboxylic acids is 1. The zero-order valence-corrected chi connectivity index (χ0v) is 15.9. The number of ether oxygens (including phenoxy) is 1. The van der Waals surface area contributed by atoms with Gasteiger partial charge in [0.05, 0.1) is 19.1 Å². The minimum absolute atomic E-state index is 0.0525. The van der Waals surface area contributed by atoms with Crippen LogP contribution < -0.4 is 5.32 Å². The van der Waals surface area contributed by atoms with Crippen LogP contribution in [-0.4, -0.2) is 84.7 Å². The molecule has 0 saturated carbocycles. The summed E-state index contributed by atoms with van der Waals surface area (Å²) in [5.41, 5.74) is 0.838. The Hall–Kier alpha value is -2.45. The lowest BCUT2D eigenvalue weighted by Crippen LogP contribution is -2.45. The summed E-state index contributed by atoms with van der Waals surface area (Å²) in [5, 5.41) is 12.1. The first-order chi connectivity index (χ1) is 13.5. The van der Waals surface area contributed by atoms with Crippen molar-refractivity contribution in [1.29, 1.82) is 0 Å². The van der Waals surface area contributed by atoms with E-state index < -0.39 is 17.9 Å². The molecule has 0 aromatic heterocycles. The molecule has 2 aliphatic rings. The topological polar surface area (TPSA) is 99.2 Å². The number of likely N-dealkylation sites (tertiary alicyclic amines) is 1. The molecular weight excluding hydrogens is 362 g/mol. The molecule has 3 rings (SSSR count). The molecule has 0 bridgehead atoms. The molecule has 2 heterocycles. The van der Waals surface area contributed by atoms with E-state index in [-0.39, 0.29) is 24.7 Å². The summed E-state index contributed by atoms with van der Waals surface area (Å²) in [4.78, 5) is 40.3. The van der Waals surface area contributed by atoms with Gasteiger partial charge in [0, 0.05) is 45.6 Å². The number of hydrogen-bond donors (Lipinski definition) is 2. The average Bonchev–Trinajstić information content (AvgIpc) is 3.08. The number of amides is 2. The van der Waals surface area contributed by atoms with Crippen LogP contribution in [0.15, 0.2) is 30.3 Å². The van der Waals surface area contributed by atoms with Gasteiger partial charge in [-0.05, 0) is 5.56 Å². The van der Waals surface area contributed by atoms with E-state index in [0.29, 0.717) is 26.3 Å². The summed E-state index contributed by atoms with van der Waals surface area (Å²) in [6.07, 6.45) is 0.343. The highest BCUT2D eigenvalue weighted by Crippen LogP contribution is 2.18. The van der Waals surface area contributed by atoms with E-state index in [1.807, 2.05) is 30.3 Å². The second-order valence-electron chi connectivity index (χ2n) is 7.28. The predicted molar refractivity (Wildman–Crippen MR) is 102 cm³/mol. The summed E-state index contributed by atoms with van der Waals surface area (Å²) >= 11 is 0. The molecule has 2 saturated heterocycles. The van der Waals surface area contributed by atoms with Crippen molar-refractivity contribution in [2.75, 3.05) is 45.9 Å². The summed E-state index contributed by atoms with van der Waals surface area (Å²) in [6.45, 7) is 4.79. The highest BCUT2D eigenvalue weighted by atomic mass is 16.5. The second kappa shape index (κ2) is 9.66. The molecule has 1 aromatic rings. The first-order valence-electron chi connectivity index (χ1n) is 9.68. The lowest BCUT2D eigenvalue weighted by atomic mass is 10.0. The molecule has 0 radical (unpaired) electrons. The molecule has 28 heavy (non-hydrogen) atoms. The maximum Gasteiger partial charge on any atom is 0.326 e. The van der Waals surface area contributed by atoms with Crippen molar-refractivity contribution < 1.29 is 24.2 Å². The van der Waals surface area contributed by atoms with Crippen LogP contribution in [0, 0.1) is 5.92 Å². The molecule has 0 spiro atoms. The zero-order valence-electron chi connectivity index (χ0n) is 15.9. The van der Waals surface area contributed by atoms with Crippen molar-refractivity contribution >= 4 is 17.8 Å². The summed E-state index contributed by atoms with van der Waals surface area (Å²) in [7, 11) is 0. The number of hydrogen-bond acceptors (Lipinski definition) is 5. The molecule has 2 fully saturated rings. The Morgan fingerprint density at radius 2 is 1.89 bits per heavy atom. The van der Waals surface area contributed by atoms with E-state index >= 15 is 0 Å². The highest BCUT2D eigenvalue weighted by molar-refractivity contribution is 5.91. The third-order valence-electron chi connectivity index (χ3n) is 5.27. The Morgan fingerprint density at radius 1 is 1.18 bits per heavy atom. The third-order valence-corrected chi connectivity index (χ3v) is 5.27. The van der Waals surface area contributed by atoms with Crippen molar-refractivity contribution in [2.45, 2.75) is 18.9 Å². The van der Waals surface area contributed by atoms with Gasteiger partial charge in [-0.3, -0.25) is 14.5 Å². The fourth-order valence-corrected chi connectivity index (χ4v) is 3.59. The number of carboxylic acid groups (broad SMARTS) is 1. The van der Waals surface area contributed by atoms with Crippen LogP contribution in [0.1, 0.15) is 12.0 Å². The Balaban J connectivity index is 1.50. The molecule has 2 atom stereocenters. The molecule has 8 nitrogen and oxygen atoms in total. The van der Waals surface area contributed by atoms with Gasteiger partial charge in [-0.2, -0.15) is 0 Å². The van der Waals surface area contributed by atoms with E-state index in [2.05, 4.69) is 10.2 Å². The minimum Gasteiger partial charge on any atom is -0.480 e. The number of benzene rings is 1. The molecule has 2 N–H and O–H groups in total. The molecule has 8 heteroatoms. The van der Waals surface area contributed by atoms with Gasteiger partial charge in [-0.1, -0.05) is 30.3 Å². The number of carboxylic acids is 1. The molecule has 0 aliphatic carbocycles. The third kappa shape index (κ3) is 5.53. The molecule has 2 aliphatic heterocycles. The standard InChI is InChI=1S/C20H27N3O5/c24-18-13-16(14-23(18)7-6-22-8-10-28-11-9-22)19(25)21-17(20(26)27)12-15-4-2-1-3-5-15/h1-5,16-17H,6-14H2,(H,21,25)(H,26,27)/t16?,17-/m1/s1. The van der Waals surface area contributed by atoms with Crippen molar-refractivity contribution in [3.8, 4) is 0 Å². The van der Waals surface area contributed by atoms with Crippen LogP contribution in [0.3, 0.4) is 0 Å². The SMILES string of the molecule is O=C(N[C@H](Cc1ccccc1)C(=O)O)C1CC(=O)N(CCN2CCOCC2)C1. The van der Waals surface area contributed by atoms with Crippen LogP contribution in [0.25, 0.3) is 0 Å². The van der Waals surface area contributed by atoms with Gasteiger partial charge in [0.25, 0.3) is 0 Å². The number of carbonyl (C=O) groups excluding carboxylic acids is 2. The molecule has 152 valence electrons. The lowest BCUT2D eigenvalue weighted by molar-refractivity contribution is -0.142. The average molecular weight is 389 g/mol. The van der Waals surface area contributed by atoms with Gasteiger partial charge in [-0.25, -0.2) is 4.79 Å². The van der Waals surface area contributed by atoms with Crippen LogP contribution >= 0.6 is 0 Å². The Kier molecular flexibility index (Phi) is 7.00. The van der Waals surface area contributed by atoms with Crippen molar-refractivity contribution in [2.24, 2.45) is 5.92 Å². The Labute approximate surface area is 164 Å². The minimum atomic E-state index is -1.08. The van der Waals surface area contributed by atoms with Crippen molar-refractivity contribution in [3.63, 3.8) is 0 Å². The normalized spacial score (nSPS) is 21.5. The zero-order chi connectivity index (χ0) is 19.9. The van der Waals surface area contributed by atoms with Crippen LogP contribution in [0.4, 0.5) is 0 Å². The lowest BCUT2D eigenvalue weighted by Gasteiger charge is -2.28. The fourth-order valence-electron chi connectivity index (χ4n) is 3.59. The maximum absolute atomic E-state index is 12.6. The summed E-state index contributed by atoms with van der Waals surface area (Å²) in [6, 6.07) is 8.17. The molecule has 1 aromatic carbocycles. The number of nitrogens with zero attached hydrogens (tertiary/aromatic N) is 2. The van der Waals surface area contributed by atoms with Gasteiger partial charge in [0.2, 0.25) is 11.8 Å². The molecule has 1 unspecified atom stereocenters. The monoisotopic (exact) mass is 389 g/mol. The largest absolute Gasteiger partial charge is 0.480 e. The van der Waals surface area contributed by atoms with Gasteiger partial charge < -0.3 is 20.1 Å². The van der Waals surface area contributed by atoms with E-state index in [4.69, 9.17) is 4.74 Å². The highest BCUT2D eigenvalue weighted by Gasteiger charge is 2.35. The summed E-state index contributed by atoms with van der Waals surface area (Å²) < 4.78 is 5.32. The molecular formula is C20H27N3O5. The number of nitrogens with one attached hydrogen (secondary N) is 1. The van der Waals surface area contributed by atoms with Gasteiger partial charge >= 0.3 is 5.97 Å². The van der Waals surface area contributed by atoms with E-state index in [0.717, 1.165) is 25.2 Å². The van der Waals surface area contributed by atoms with Crippen LogP contribution in [-0.2, 0) is 25.5 Å². The first-order valence-corrected chi connectivity index (χ1v) is 9.68. The molecule has 2 amide bonds. The van der Waals surface area contributed by atoms with E-state index in [1.54, 1.807) is 4.90 Å². The fraction of sp³-hybridized carbons (Fsp3) is 0.550. The van der Waals surface area contributed by atoms with Gasteiger partial charge in [0.1, 0.15) is 6.04 Å². The number of carbonyl (C=O) groups is 3. The van der Waals surface area contributed by atoms with Crippen LogP contribution in [0.5, 0.6) is 0 Å². The number of rotatable bonds is 8. The summed E-state index contributed by atoms with van der Waals surface area (Å²) in [5.74, 6) is -2.01. The Bertz CT molecular complexity index is 690. The predicted octanol–water partition coefficient (Wildman–Crippen LogP) is -0.0208. The van der Waals surface area contributed by atoms with Crippen molar-refractivity contribution in [1.82, 2.24) is 15.1 Å². The Morgan fingerprint density at radius 3 is 2.57 bits per heavy atom. The van der Waals surface area contributed by atoms with Gasteiger partial charge in [0.15, 0.2) is 0 Å². The quantitative estimate of drug-likeness (QED) is 0.648. The van der Waals surface area contributed by atoms with E-state index in [1.165, 1.54) is 0 Å². The second-order valence-corrected chi connectivity index (χ2v) is 7.28. The maximum atomic E-state index is 12.6. The number of morpholine rings is 1. The smallest absolute Gasteiger partial charge is 0.326 e. The van der Waals surface area contributed by atoms with Gasteiger partial charge in [-0.15, -0.1) is 0 Å². The van der Waals surface area contributed by atoms with Crippen molar-refractivity contribution in [3.05, 3.63) is 35.9 Å². The van der Waals surface area contributed by atoms with E-state index in [9.17, 15) is 19.5 Å². The van der Waals surface area contributed by atoms with Crippen LogP contribution in [0.2, 0.25) is 0 Å². The first kappa shape index (κ1) is 20.3.